The molecule has 0 bridgehead atoms. The highest BCUT2D eigenvalue weighted by atomic mass is 35.5. The molecular formula is C16H24ClN. The van der Waals surface area contributed by atoms with Gasteiger partial charge in [-0.15, -0.1) is 0 Å². The lowest BCUT2D eigenvalue weighted by molar-refractivity contribution is 0.262. The third-order valence-electron chi connectivity index (χ3n) is 4.22. The van der Waals surface area contributed by atoms with Crippen molar-refractivity contribution in [3.63, 3.8) is 0 Å². The Hall–Kier alpha value is -0.530. The fourth-order valence-electron chi connectivity index (χ4n) is 2.87. The molecule has 0 radical (unpaired) electrons. The summed E-state index contributed by atoms with van der Waals surface area (Å²) in [5, 5.41) is 4.40. The Bertz CT molecular complexity index is 339. The van der Waals surface area contributed by atoms with Crippen molar-refractivity contribution in [3.05, 3.63) is 34.9 Å². The van der Waals surface area contributed by atoms with Crippen molar-refractivity contribution in [3.8, 4) is 0 Å². The quantitative estimate of drug-likeness (QED) is 0.817. The molecule has 0 amide bonds. The van der Waals surface area contributed by atoms with Gasteiger partial charge in [-0.1, -0.05) is 49.9 Å². The van der Waals surface area contributed by atoms with Crippen LogP contribution in [0, 0.1) is 11.8 Å². The maximum atomic E-state index is 5.87. The summed E-state index contributed by atoms with van der Waals surface area (Å²) < 4.78 is 0. The Kier molecular flexibility index (Phi) is 5.52. The van der Waals surface area contributed by atoms with Crippen LogP contribution in [0.3, 0.4) is 0 Å². The molecule has 0 spiro atoms. The molecule has 2 heteroatoms. The van der Waals surface area contributed by atoms with Gasteiger partial charge in [-0.2, -0.15) is 0 Å². The molecule has 1 fully saturated rings. The first-order chi connectivity index (χ1) is 8.78. The molecule has 2 rings (SSSR count). The van der Waals surface area contributed by atoms with E-state index in [0.29, 0.717) is 0 Å². The lowest BCUT2D eigenvalue weighted by Gasteiger charge is -2.27. The summed E-state index contributed by atoms with van der Waals surface area (Å²) in [4.78, 5) is 0. The molecule has 0 unspecified atom stereocenters. The number of rotatable bonds is 5. The van der Waals surface area contributed by atoms with E-state index in [4.69, 9.17) is 11.6 Å². The zero-order chi connectivity index (χ0) is 12.8. The summed E-state index contributed by atoms with van der Waals surface area (Å²) in [5.41, 5.74) is 1.32. The minimum absolute atomic E-state index is 0.816. The average molecular weight is 266 g/mol. The van der Waals surface area contributed by atoms with E-state index in [1.165, 1.54) is 44.2 Å². The zero-order valence-corrected chi connectivity index (χ0v) is 12.0. The van der Waals surface area contributed by atoms with Crippen LogP contribution >= 0.6 is 11.6 Å². The predicted molar refractivity (Wildman–Crippen MR) is 78.9 cm³/mol. The maximum Gasteiger partial charge on any atom is 0.0406 e. The SMILES string of the molecule is CCC1CCC(CNCc2ccc(Cl)cc2)CC1. The van der Waals surface area contributed by atoms with Crippen molar-refractivity contribution in [1.82, 2.24) is 5.32 Å². The number of benzene rings is 1. The lowest BCUT2D eigenvalue weighted by Crippen LogP contribution is -2.26. The van der Waals surface area contributed by atoms with Crippen LogP contribution < -0.4 is 5.32 Å². The van der Waals surface area contributed by atoms with Gasteiger partial charge in [-0.05, 0) is 48.9 Å². The summed E-state index contributed by atoms with van der Waals surface area (Å²) in [6.07, 6.45) is 7.05. The summed E-state index contributed by atoms with van der Waals surface area (Å²) in [6.45, 7) is 4.45. The van der Waals surface area contributed by atoms with Gasteiger partial charge in [0, 0.05) is 11.6 Å². The van der Waals surface area contributed by atoms with E-state index in [1.54, 1.807) is 0 Å². The van der Waals surface area contributed by atoms with Gasteiger partial charge in [-0.3, -0.25) is 0 Å². The Morgan fingerprint density at radius 1 is 1.06 bits per heavy atom. The molecule has 0 saturated heterocycles. The molecule has 1 saturated carbocycles. The van der Waals surface area contributed by atoms with Crippen molar-refractivity contribution < 1.29 is 0 Å². The molecule has 1 nitrogen and oxygen atoms in total. The van der Waals surface area contributed by atoms with Crippen molar-refractivity contribution >= 4 is 11.6 Å². The number of nitrogens with one attached hydrogen (secondary N) is 1. The van der Waals surface area contributed by atoms with Crippen LogP contribution in [0.5, 0.6) is 0 Å². The van der Waals surface area contributed by atoms with Crippen LogP contribution in [0.25, 0.3) is 0 Å². The van der Waals surface area contributed by atoms with E-state index in [-0.39, 0.29) is 0 Å². The first kappa shape index (κ1) is 13.9. The second-order valence-electron chi connectivity index (χ2n) is 5.55. The summed E-state index contributed by atoms with van der Waals surface area (Å²) in [5.74, 6) is 1.89. The van der Waals surface area contributed by atoms with Gasteiger partial charge < -0.3 is 5.32 Å². The van der Waals surface area contributed by atoms with Crippen LogP contribution in [-0.4, -0.2) is 6.54 Å². The van der Waals surface area contributed by atoms with Gasteiger partial charge in [0.1, 0.15) is 0 Å². The number of halogens is 1. The van der Waals surface area contributed by atoms with Crippen molar-refractivity contribution in [2.24, 2.45) is 11.8 Å². The standard InChI is InChI=1S/C16H24ClN/c1-2-13-3-5-14(6-4-13)11-18-12-15-7-9-16(17)10-8-15/h7-10,13-14,18H,2-6,11-12H2,1H3. The topological polar surface area (TPSA) is 12.0 Å². The minimum Gasteiger partial charge on any atom is -0.312 e. The summed E-state index contributed by atoms with van der Waals surface area (Å²) in [7, 11) is 0. The highest BCUT2D eigenvalue weighted by Gasteiger charge is 2.19. The molecule has 1 N–H and O–H groups in total. The van der Waals surface area contributed by atoms with Crippen LogP contribution in [0.15, 0.2) is 24.3 Å². The van der Waals surface area contributed by atoms with Gasteiger partial charge in [0.2, 0.25) is 0 Å². The van der Waals surface area contributed by atoms with Crippen LogP contribution in [0.4, 0.5) is 0 Å². The van der Waals surface area contributed by atoms with Crippen LogP contribution in [-0.2, 0) is 6.54 Å². The summed E-state index contributed by atoms with van der Waals surface area (Å²) >= 11 is 5.87. The first-order valence-corrected chi connectivity index (χ1v) is 7.61. The average Bonchev–Trinajstić information content (AvgIpc) is 2.42. The summed E-state index contributed by atoms with van der Waals surface area (Å²) in [6, 6.07) is 8.13. The molecule has 0 aliphatic heterocycles. The second kappa shape index (κ2) is 7.16. The maximum absolute atomic E-state index is 5.87. The monoisotopic (exact) mass is 265 g/mol. The molecule has 18 heavy (non-hydrogen) atoms. The third-order valence-corrected chi connectivity index (χ3v) is 4.47. The highest BCUT2D eigenvalue weighted by molar-refractivity contribution is 6.30. The van der Waals surface area contributed by atoms with Gasteiger partial charge in [-0.25, -0.2) is 0 Å². The van der Waals surface area contributed by atoms with E-state index in [1.807, 2.05) is 12.1 Å². The van der Waals surface area contributed by atoms with Gasteiger partial charge in [0.25, 0.3) is 0 Å². The molecule has 100 valence electrons. The molecule has 0 atom stereocenters. The zero-order valence-electron chi connectivity index (χ0n) is 11.3. The lowest BCUT2D eigenvalue weighted by atomic mass is 9.81. The Morgan fingerprint density at radius 3 is 2.28 bits per heavy atom. The predicted octanol–water partition coefficient (Wildman–Crippen LogP) is 4.65. The minimum atomic E-state index is 0.816. The largest absolute Gasteiger partial charge is 0.312 e. The number of hydrogen-bond donors (Lipinski definition) is 1. The molecule has 1 aromatic carbocycles. The van der Waals surface area contributed by atoms with Gasteiger partial charge in [0.15, 0.2) is 0 Å². The van der Waals surface area contributed by atoms with Crippen molar-refractivity contribution in [2.75, 3.05) is 6.54 Å². The van der Waals surface area contributed by atoms with Crippen LogP contribution in [0.1, 0.15) is 44.6 Å². The molecular weight excluding hydrogens is 242 g/mol. The second-order valence-corrected chi connectivity index (χ2v) is 5.99. The molecule has 1 aromatic rings. The smallest absolute Gasteiger partial charge is 0.0406 e. The molecule has 1 aliphatic carbocycles. The van der Waals surface area contributed by atoms with Crippen LogP contribution in [0.2, 0.25) is 5.02 Å². The Balaban J connectivity index is 1.65. The molecule has 0 heterocycles. The first-order valence-electron chi connectivity index (χ1n) is 7.23. The normalized spacial score (nSPS) is 24.1. The highest BCUT2D eigenvalue weighted by Crippen LogP contribution is 2.30. The van der Waals surface area contributed by atoms with Crippen molar-refractivity contribution in [1.29, 1.82) is 0 Å². The van der Waals surface area contributed by atoms with E-state index in [2.05, 4.69) is 24.4 Å². The van der Waals surface area contributed by atoms with Gasteiger partial charge >= 0.3 is 0 Å². The fraction of sp³-hybridized carbons (Fsp3) is 0.625. The van der Waals surface area contributed by atoms with E-state index in [0.717, 1.165) is 23.4 Å². The Labute approximate surface area is 116 Å². The fourth-order valence-corrected chi connectivity index (χ4v) is 2.99. The van der Waals surface area contributed by atoms with E-state index in [9.17, 15) is 0 Å². The Morgan fingerprint density at radius 2 is 1.67 bits per heavy atom. The van der Waals surface area contributed by atoms with Crippen molar-refractivity contribution in [2.45, 2.75) is 45.6 Å². The van der Waals surface area contributed by atoms with Gasteiger partial charge in [0.05, 0.1) is 0 Å². The molecule has 0 aromatic heterocycles. The third kappa shape index (κ3) is 4.29. The van der Waals surface area contributed by atoms with E-state index >= 15 is 0 Å². The number of hydrogen-bond acceptors (Lipinski definition) is 1. The molecule has 1 aliphatic rings. The van der Waals surface area contributed by atoms with E-state index < -0.39 is 0 Å².